The molecule has 9 aromatic rings. The fraction of sp³-hybridized carbons (Fsp3) is 0. The van der Waals surface area contributed by atoms with Gasteiger partial charge in [-0.2, -0.15) is 10.5 Å². The van der Waals surface area contributed by atoms with Gasteiger partial charge in [0.25, 0.3) is 0 Å². The standard InChI is InChI=1S/C45H25N5/c1-48-40-16-8-15-37-35-13-2-4-17-41(35)49(45(37)40)34-12-7-10-32(26-34)31-9-6-11-33(25-31)38-23-29(27-46)19-21-43(38)50-42-18-5-3-14-36(42)39-24-30(28-47)20-22-44(39)50/h2-26H. The summed E-state index contributed by atoms with van der Waals surface area (Å²) in [6.45, 7) is 7.92. The van der Waals surface area contributed by atoms with Crippen LogP contribution in [0.1, 0.15) is 11.1 Å². The molecule has 0 unspecified atom stereocenters. The predicted molar refractivity (Wildman–Crippen MR) is 202 cm³/mol. The largest absolute Gasteiger partial charge is 0.319 e. The Kier molecular flexibility index (Phi) is 6.56. The van der Waals surface area contributed by atoms with Gasteiger partial charge in [-0.15, -0.1) is 0 Å². The summed E-state index contributed by atoms with van der Waals surface area (Å²) >= 11 is 0. The molecule has 9 rings (SSSR count). The average molecular weight is 636 g/mol. The molecule has 0 spiro atoms. The molecule has 0 atom stereocenters. The third-order valence-electron chi connectivity index (χ3n) is 9.57. The van der Waals surface area contributed by atoms with E-state index in [2.05, 4.69) is 105 Å². The van der Waals surface area contributed by atoms with Gasteiger partial charge in [0.15, 0.2) is 0 Å². The lowest BCUT2D eigenvalue weighted by atomic mass is 9.96. The smallest absolute Gasteiger partial charge is 0.211 e. The predicted octanol–water partition coefficient (Wildman–Crippen LogP) is 11.5. The highest BCUT2D eigenvalue weighted by molar-refractivity contribution is 6.13. The van der Waals surface area contributed by atoms with Crippen LogP contribution in [-0.2, 0) is 0 Å². The Morgan fingerprint density at radius 3 is 1.86 bits per heavy atom. The average Bonchev–Trinajstić information content (AvgIpc) is 3.70. The van der Waals surface area contributed by atoms with E-state index in [9.17, 15) is 10.5 Å². The number of benzene rings is 7. The highest BCUT2D eigenvalue weighted by Gasteiger charge is 2.18. The van der Waals surface area contributed by atoms with E-state index in [0.29, 0.717) is 16.8 Å². The summed E-state index contributed by atoms with van der Waals surface area (Å²) in [5, 5.41) is 23.9. The van der Waals surface area contributed by atoms with E-state index in [-0.39, 0.29) is 0 Å². The molecule has 0 amide bonds. The maximum Gasteiger partial charge on any atom is 0.211 e. The maximum atomic E-state index is 9.96. The lowest BCUT2D eigenvalue weighted by Gasteiger charge is -2.16. The number of nitrogens with zero attached hydrogens (tertiary/aromatic N) is 5. The van der Waals surface area contributed by atoms with Crippen LogP contribution < -0.4 is 0 Å². The van der Waals surface area contributed by atoms with Gasteiger partial charge in [-0.1, -0.05) is 84.9 Å². The molecule has 0 aliphatic rings. The van der Waals surface area contributed by atoms with Crippen LogP contribution in [0, 0.1) is 29.2 Å². The maximum absolute atomic E-state index is 9.96. The van der Waals surface area contributed by atoms with Crippen LogP contribution in [0.3, 0.4) is 0 Å². The molecule has 0 saturated carbocycles. The Labute approximate surface area is 288 Å². The van der Waals surface area contributed by atoms with Gasteiger partial charge in [-0.05, 0) is 88.8 Å². The van der Waals surface area contributed by atoms with Crippen LogP contribution in [0.2, 0.25) is 0 Å². The molecule has 5 nitrogen and oxygen atoms in total. The Balaban J connectivity index is 1.23. The molecule has 2 heterocycles. The molecule has 0 bridgehead atoms. The lowest BCUT2D eigenvalue weighted by molar-refractivity contribution is 1.18. The van der Waals surface area contributed by atoms with Gasteiger partial charge in [-0.25, -0.2) is 4.85 Å². The second kappa shape index (κ2) is 11.4. The first kappa shape index (κ1) is 28.8. The molecule has 0 saturated heterocycles. The molecule has 230 valence electrons. The van der Waals surface area contributed by atoms with E-state index in [1.54, 1.807) is 0 Å². The second-order valence-electron chi connectivity index (χ2n) is 12.3. The van der Waals surface area contributed by atoms with Gasteiger partial charge >= 0.3 is 0 Å². The molecule has 0 aliphatic carbocycles. The zero-order valence-electron chi connectivity index (χ0n) is 26.7. The van der Waals surface area contributed by atoms with Crippen molar-refractivity contribution in [3.05, 3.63) is 174 Å². The fourth-order valence-corrected chi connectivity index (χ4v) is 7.38. The first-order valence-electron chi connectivity index (χ1n) is 16.3. The molecule has 0 aliphatic heterocycles. The number of hydrogen-bond donors (Lipinski definition) is 0. The minimum atomic E-state index is 0.575. The topological polar surface area (TPSA) is 61.8 Å². The minimum absolute atomic E-state index is 0.575. The number of para-hydroxylation sites is 3. The van der Waals surface area contributed by atoms with Crippen LogP contribution >= 0.6 is 0 Å². The highest BCUT2D eigenvalue weighted by Crippen LogP contribution is 2.40. The van der Waals surface area contributed by atoms with Crippen molar-refractivity contribution in [2.45, 2.75) is 0 Å². The van der Waals surface area contributed by atoms with Gasteiger partial charge in [0.2, 0.25) is 5.69 Å². The molecule has 0 N–H and O–H groups in total. The van der Waals surface area contributed by atoms with E-state index < -0.39 is 0 Å². The van der Waals surface area contributed by atoms with Crippen molar-refractivity contribution < 1.29 is 0 Å². The van der Waals surface area contributed by atoms with Crippen molar-refractivity contribution in [3.63, 3.8) is 0 Å². The molecular weight excluding hydrogens is 611 g/mol. The quantitative estimate of drug-likeness (QED) is 0.181. The van der Waals surface area contributed by atoms with E-state index in [1.807, 2.05) is 72.8 Å². The third-order valence-corrected chi connectivity index (χ3v) is 9.57. The molecular formula is C45H25N5. The van der Waals surface area contributed by atoms with Crippen molar-refractivity contribution >= 4 is 49.3 Å². The third kappa shape index (κ3) is 4.38. The van der Waals surface area contributed by atoms with Crippen LogP contribution in [0.15, 0.2) is 152 Å². The van der Waals surface area contributed by atoms with E-state index in [4.69, 9.17) is 6.57 Å². The first-order valence-corrected chi connectivity index (χ1v) is 16.3. The summed E-state index contributed by atoms with van der Waals surface area (Å²) in [4.78, 5) is 3.89. The number of rotatable bonds is 4. The van der Waals surface area contributed by atoms with Crippen molar-refractivity contribution in [2.75, 3.05) is 0 Å². The number of fused-ring (bicyclic) bond motifs is 6. The fourth-order valence-electron chi connectivity index (χ4n) is 7.38. The molecule has 50 heavy (non-hydrogen) atoms. The zero-order chi connectivity index (χ0) is 33.8. The number of hydrogen-bond acceptors (Lipinski definition) is 2. The van der Waals surface area contributed by atoms with Crippen LogP contribution in [-0.4, -0.2) is 9.13 Å². The Morgan fingerprint density at radius 2 is 1.08 bits per heavy atom. The first-order chi connectivity index (χ1) is 24.7. The van der Waals surface area contributed by atoms with E-state index in [1.165, 1.54) is 0 Å². The van der Waals surface area contributed by atoms with Gasteiger partial charge in [0.1, 0.15) is 0 Å². The Morgan fingerprint density at radius 1 is 0.480 bits per heavy atom. The summed E-state index contributed by atoms with van der Waals surface area (Å²) in [7, 11) is 0. The van der Waals surface area contributed by atoms with Crippen LogP contribution in [0.25, 0.3) is 82.1 Å². The monoisotopic (exact) mass is 635 g/mol. The zero-order valence-corrected chi connectivity index (χ0v) is 26.7. The summed E-state index contributed by atoms with van der Waals surface area (Å²) in [6.07, 6.45) is 0. The molecule has 5 heteroatoms. The SMILES string of the molecule is [C-]#[N+]c1cccc2c3ccccc3n(-c3cccc(-c4cccc(-c5cc(C#N)ccc5-n5c6ccccc6c6cc(C#N)ccc65)c4)c3)c12. The highest BCUT2D eigenvalue weighted by atomic mass is 15.0. The van der Waals surface area contributed by atoms with Gasteiger partial charge in [0.05, 0.1) is 57.6 Å². The Bertz CT molecular complexity index is 2970. The molecule has 2 aromatic heterocycles. The second-order valence-corrected chi connectivity index (χ2v) is 12.3. The molecule has 7 aromatic carbocycles. The van der Waals surface area contributed by atoms with Gasteiger partial charge in [-0.3, -0.25) is 0 Å². The van der Waals surface area contributed by atoms with Crippen LogP contribution in [0.5, 0.6) is 0 Å². The lowest BCUT2D eigenvalue weighted by Crippen LogP contribution is -1.98. The van der Waals surface area contributed by atoms with Crippen molar-refractivity contribution in [1.82, 2.24) is 9.13 Å². The minimum Gasteiger partial charge on any atom is -0.319 e. The Hall–Kier alpha value is -7.39. The number of aromatic nitrogens is 2. The summed E-state index contributed by atoms with van der Waals surface area (Å²) in [5.41, 5.74) is 11.7. The van der Waals surface area contributed by atoms with Crippen LogP contribution in [0.4, 0.5) is 5.69 Å². The van der Waals surface area contributed by atoms with Crippen molar-refractivity contribution in [2.24, 2.45) is 0 Å². The summed E-state index contributed by atoms with van der Waals surface area (Å²) in [6, 6.07) is 55.6. The van der Waals surface area contributed by atoms with Crippen molar-refractivity contribution in [1.29, 1.82) is 10.5 Å². The van der Waals surface area contributed by atoms with E-state index in [0.717, 1.165) is 77.2 Å². The normalized spacial score (nSPS) is 11.1. The van der Waals surface area contributed by atoms with Crippen molar-refractivity contribution in [3.8, 4) is 45.8 Å². The van der Waals surface area contributed by atoms with Gasteiger partial charge in [0, 0.05) is 27.4 Å². The summed E-state index contributed by atoms with van der Waals surface area (Å²) in [5.74, 6) is 0. The molecule has 0 fully saturated rings. The number of nitriles is 2. The summed E-state index contributed by atoms with van der Waals surface area (Å²) < 4.78 is 4.42. The molecule has 0 radical (unpaired) electrons. The van der Waals surface area contributed by atoms with E-state index >= 15 is 0 Å². The van der Waals surface area contributed by atoms with Gasteiger partial charge < -0.3 is 9.13 Å².